The van der Waals surface area contributed by atoms with E-state index in [1.165, 1.54) is 67.5 Å². The second-order valence-electron chi connectivity index (χ2n) is 15.0. The largest absolute Gasteiger partial charge is 0.478 e. The molecule has 66 heavy (non-hydrogen) atoms. The molecule has 0 fully saturated rings. The minimum Gasteiger partial charge on any atom is -0.478 e. The average molecular weight is 1170 g/mol. The molecule has 4 aromatic carbocycles. The van der Waals surface area contributed by atoms with Crippen LogP contribution in [0.4, 0.5) is 17.6 Å². The third-order valence-electron chi connectivity index (χ3n) is 9.91. The van der Waals surface area contributed by atoms with Crippen LogP contribution in [0.5, 0.6) is 11.5 Å². The van der Waals surface area contributed by atoms with Crippen LogP contribution in [0.3, 0.4) is 0 Å². The molecule has 2 amide bonds. The van der Waals surface area contributed by atoms with Crippen molar-refractivity contribution in [1.82, 2.24) is 9.44 Å². The van der Waals surface area contributed by atoms with Gasteiger partial charge >= 0.3 is 200 Å². The summed E-state index contributed by atoms with van der Waals surface area (Å²) in [7, 11) is -7.38. The molecule has 22 heteroatoms. The third kappa shape index (κ3) is 18.8. The van der Waals surface area contributed by atoms with Crippen molar-refractivity contribution in [3.63, 3.8) is 0 Å². The Labute approximate surface area is 406 Å². The van der Waals surface area contributed by atoms with Gasteiger partial charge in [0.2, 0.25) is 10.0 Å². The van der Waals surface area contributed by atoms with Crippen LogP contribution < -0.4 is 34.0 Å². The first-order chi connectivity index (χ1) is 31.3. The molecule has 0 bridgehead atoms. The Morgan fingerprint density at radius 2 is 0.939 bits per heavy atom. The van der Waals surface area contributed by atoms with Crippen LogP contribution in [0.15, 0.2) is 96.9 Å². The number of hydrogen-bond acceptors (Lipinski definition) is 10. The van der Waals surface area contributed by atoms with Crippen LogP contribution in [-0.4, -0.2) is 84.8 Å². The zero-order chi connectivity index (χ0) is 48.9. The number of hydrogen-bond donors (Lipinski definition) is 4. The first-order valence-electron chi connectivity index (χ1n) is 21.2. The molecular weight excluding hydrogens is 1120 g/mol. The van der Waals surface area contributed by atoms with E-state index in [1.54, 1.807) is 24.3 Å². The summed E-state index contributed by atoms with van der Waals surface area (Å²) in [5.41, 5.74) is 9.81. The second kappa shape index (κ2) is 28.4. The van der Waals surface area contributed by atoms with Crippen molar-refractivity contribution in [1.29, 1.82) is 0 Å². The molecule has 12 nitrogen and oxygen atoms in total. The summed E-state index contributed by atoms with van der Waals surface area (Å²) in [6.07, 6.45) is 7.24. The minimum atomic E-state index is -3.72. The van der Waals surface area contributed by atoms with Gasteiger partial charge in [0, 0.05) is 21.7 Å². The fourth-order valence-electron chi connectivity index (χ4n) is 6.61. The van der Waals surface area contributed by atoms with Gasteiger partial charge in [0.15, 0.2) is 36.3 Å². The number of nitrogens with two attached hydrogens (primary N) is 2. The van der Waals surface area contributed by atoms with Gasteiger partial charge in [0.05, 0.1) is 4.90 Å². The number of nitrogens with one attached hydrogen (secondary N) is 2. The van der Waals surface area contributed by atoms with Crippen molar-refractivity contribution >= 4 is 93.3 Å². The standard InChI is InChI=1S/C16H15BrF2N2O4S2.C16H15F2N2O4S2.3C4H9.Sn/c17-10-1-3-12(4-2-10)27(23,24)21-5-6-26-11-7-13(18)16(14(19)8-11)25-9-15(20)22;17-13-8-11(9-14(18)16(13)24-10-15(19)21)25-7-6-20-26(22,23)12-4-2-1-3-5-12;3*1-3-4-2;/h1-4,7-8,21H,5-6,9H2,(H2,20,22);2-5,8-9,20H,6-7,10H2,(H2,19,21);3*1,3-4H2,2H3;. The molecule has 0 spiro atoms. The smallest absolute Gasteiger partial charge is 0.255 e. The third-order valence-corrected chi connectivity index (χ3v) is 31.0. The Hall–Kier alpha value is -3.06. The van der Waals surface area contributed by atoms with Gasteiger partial charge in [0.25, 0.3) is 11.8 Å². The quantitative estimate of drug-likeness (QED) is 0.0185. The SMILES string of the molecule is CCC[CH2][Sn]([CH2]CCC)([CH2]CCC)[c]1ccc(S(=O)(=O)NCCSc2cc(F)c(OCC(N)=O)c(F)c2)cc1.NC(=O)COc1c(F)cc(SCCNS(=O)(=O)c2ccc(Br)cc2)cc1F. The van der Waals surface area contributed by atoms with Crippen molar-refractivity contribution in [3.8, 4) is 11.5 Å². The number of carbonyl (C=O) groups excluding carboxylic acids is 2. The van der Waals surface area contributed by atoms with E-state index in [0.29, 0.717) is 0 Å². The number of unbranched alkanes of at least 4 members (excludes halogenated alkanes) is 3. The van der Waals surface area contributed by atoms with Gasteiger partial charge in [-0.15, -0.1) is 11.8 Å². The van der Waals surface area contributed by atoms with Gasteiger partial charge in [-0.25, -0.2) is 30.7 Å². The molecule has 0 radical (unpaired) electrons. The summed E-state index contributed by atoms with van der Waals surface area (Å²) < 4.78 is 127. The predicted octanol–water partition coefficient (Wildman–Crippen LogP) is 8.62. The van der Waals surface area contributed by atoms with E-state index in [2.05, 4.69) is 63.0 Å². The Kier molecular flexibility index (Phi) is 24.7. The van der Waals surface area contributed by atoms with Crippen molar-refractivity contribution in [2.75, 3.05) is 37.8 Å². The Bertz CT molecular complexity index is 2360. The van der Waals surface area contributed by atoms with Gasteiger partial charge in [-0.1, -0.05) is 15.9 Å². The molecule has 4 rings (SSSR count). The van der Waals surface area contributed by atoms with Gasteiger partial charge in [-0.3, -0.25) is 9.59 Å². The summed E-state index contributed by atoms with van der Waals surface area (Å²) in [5, 5.41) is 0. The number of halogens is 5. The first-order valence-corrected chi connectivity index (χ1v) is 34.4. The number of rotatable bonds is 28. The van der Waals surface area contributed by atoms with E-state index in [0.717, 1.165) is 52.3 Å². The topological polar surface area (TPSA) is 197 Å². The van der Waals surface area contributed by atoms with Crippen LogP contribution in [0.2, 0.25) is 13.3 Å². The molecule has 0 unspecified atom stereocenters. The van der Waals surface area contributed by atoms with Crippen LogP contribution in [0.1, 0.15) is 59.3 Å². The average Bonchev–Trinajstić information content (AvgIpc) is 3.26. The maximum atomic E-state index is 14.2. The Balaban J connectivity index is 0.000000374. The molecule has 0 aliphatic carbocycles. The maximum Gasteiger partial charge on any atom is 0.255 e. The van der Waals surface area contributed by atoms with Crippen molar-refractivity contribution in [3.05, 3.63) is 101 Å². The Morgan fingerprint density at radius 3 is 1.26 bits per heavy atom. The summed E-state index contributed by atoms with van der Waals surface area (Å²) in [6.45, 7) is 5.58. The number of carbonyl (C=O) groups is 2. The predicted molar refractivity (Wildman–Crippen MR) is 259 cm³/mol. The fourth-order valence-corrected chi connectivity index (χ4v) is 26.8. The van der Waals surface area contributed by atoms with Crippen molar-refractivity contribution < 1.29 is 53.5 Å². The van der Waals surface area contributed by atoms with Crippen LogP contribution in [0.25, 0.3) is 0 Å². The molecule has 0 aliphatic heterocycles. The molecule has 0 saturated carbocycles. The Morgan fingerprint density at radius 1 is 0.606 bits per heavy atom. The molecule has 0 aliphatic rings. The summed E-state index contributed by atoms with van der Waals surface area (Å²) in [4.78, 5) is 22.3. The van der Waals surface area contributed by atoms with Crippen LogP contribution in [0, 0.1) is 23.3 Å². The number of amides is 2. The number of thioether (sulfide) groups is 2. The first kappa shape index (κ1) is 57.3. The maximum absolute atomic E-state index is 14.2. The zero-order valence-corrected chi connectivity index (χ0v) is 44.7. The fraction of sp³-hybridized carbons (Fsp3) is 0.409. The van der Waals surface area contributed by atoms with Crippen molar-refractivity contribution in [2.24, 2.45) is 11.5 Å². The van der Waals surface area contributed by atoms with Crippen molar-refractivity contribution in [2.45, 2.75) is 92.2 Å². The van der Waals surface area contributed by atoms with Gasteiger partial charge in [-0.2, -0.15) is 0 Å². The minimum absolute atomic E-state index is 0.0617. The second-order valence-corrected chi connectivity index (χ2v) is 35.0. The van der Waals surface area contributed by atoms with E-state index in [4.69, 9.17) is 16.2 Å². The zero-order valence-electron chi connectivity index (χ0n) is 37.0. The molecule has 0 saturated heterocycles. The number of primary amides is 2. The van der Waals surface area contributed by atoms with Crippen LogP contribution >= 0.6 is 39.5 Å². The molecule has 0 heterocycles. The van der Waals surface area contributed by atoms with E-state index >= 15 is 0 Å². The summed E-state index contributed by atoms with van der Waals surface area (Å²) in [6, 6.07) is 17.9. The molecule has 6 N–H and O–H groups in total. The number of benzene rings is 4. The molecule has 0 atom stereocenters. The van der Waals surface area contributed by atoms with Crippen LogP contribution in [-0.2, 0) is 29.6 Å². The summed E-state index contributed by atoms with van der Waals surface area (Å²) in [5.74, 6) is -6.42. The van der Waals surface area contributed by atoms with E-state index in [9.17, 15) is 44.0 Å². The van der Waals surface area contributed by atoms with Gasteiger partial charge in [0.1, 0.15) is 0 Å². The monoisotopic (exact) mass is 1170 g/mol. The molecule has 4 aromatic rings. The van der Waals surface area contributed by atoms with Gasteiger partial charge < -0.3 is 20.9 Å². The van der Waals surface area contributed by atoms with Gasteiger partial charge in [-0.05, 0) is 36.4 Å². The molecule has 364 valence electrons. The molecular formula is C44H57BrF4N4O8S4Sn. The number of sulfonamides is 2. The van der Waals surface area contributed by atoms with E-state index < -0.39 is 98.2 Å². The van der Waals surface area contributed by atoms with E-state index in [1.807, 2.05) is 0 Å². The normalized spacial score (nSPS) is 11.8. The summed E-state index contributed by atoms with van der Waals surface area (Å²) >= 11 is 2.74. The molecule has 0 aromatic heterocycles. The van der Waals surface area contributed by atoms with E-state index in [-0.39, 0.29) is 44.2 Å². The number of ether oxygens (including phenoxy) is 2.